The van der Waals surface area contributed by atoms with Crippen molar-refractivity contribution in [1.29, 1.82) is 0 Å². The zero-order valence-electron chi connectivity index (χ0n) is 19.5. The van der Waals surface area contributed by atoms with E-state index in [0.29, 0.717) is 18.8 Å². The van der Waals surface area contributed by atoms with Crippen molar-refractivity contribution in [3.8, 4) is 5.75 Å². The number of hydrogen-bond acceptors (Lipinski definition) is 6. The number of ether oxygens (including phenoxy) is 2. The number of hydrogen-bond donors (Lipinski definition) is 2. The predicted molar refractivity (Wildman–Crippen MR) is 120 cm³/mol. The van der Waals surface area contributed by atoms with Gasteiger partial charge in [-0.15, -0.1) is 0 Å². The first-order valence-corrected chi connectivity index (χ1v) is 11.2. The van der Waals surface area contributed by atoms with Gasteiger partial charge < -0.3 is 29.9 Å². The topological polar surface area (TPSA) is 117 Å². The monoisotopic (exact) mass is 460 g/mol. The number of amides is 4. The van der Waals surface area contributed by atoms with Gasteiger partial charge in [-0.05, 0) is 32.9 Å². The highest BCUT2D eigenvalue weighted by Gasteiger charge is 2.34. The average Bonchev–Trinajstić information content (AvgIpc) is 2.76. The Balaban J connectivity index is 1.90. The lowest BCUT2D eigenvalue weighted by Gasteiger charge is -2.37. The number of nitrogens with one attached hydrogen (secondary N) is 2. The Morgan fingerprint density at radius 2 is 1.70 bits per heavy atom. The van der Waals surface area contributed by atoms with Gasteiger partial charge in [0.2, 0.25) is 17.7 Å². The minimum atomic E-state index is -1.11. The van der Waals surface area contributed by atoms with Crippen molar-refractivity contribution < 1.29 is 28.7 Å². The second-order valence-corrected chi connectivity index (χ2v) is 8.62. The molecule has 33 heavy (non-hydrogen) atoms. The van der Waals surface area contributed by atoms with E-state index in [1.54, 1.807) is 43.1 Å². The van der Waals surface area contributed by atoms with Crippen molar-refractivity contribution in [3.63, 3.8) is 0 Å². The highest BCUT2D eigenvalue weighted by atomic mass is 16.5. The minimum absolute atomic E-state index is 0.164. The lowest BCUT2D eigenvalue weighted by Crippen LogP contribution is -2.56. The molecule has 2 aliphatic heterocycles. The summed E-state index contributed by atoms with van der Waals surface area (Å²) < 4.78 is 11.5. The number of likely N-dealkylation sites (N-methyl/N-ethyl adjacent to an activating group) is 1. The van der Waals surface area contributed by atoms with Crippen molar-refractivity contribution >= 4 is 23.6 Å². The van der Waals surface area contributed by atoms with Crippen LogP contribution in [0.15, 0.2) is 24.3 Å². The van der Waals surface area contributed by atoms with Crippen LogP contribution in [0, 0.1) is 0 Å². The molecule has 0 saturated carbocycles. The summed E-state index contributed by atoms with van der Waals surface area (Å²) in [6, 6.07) is 4.78. The fraction of sp³-hybridized carbons (Fsp3) is 0.565. The van der Waals surface area contributed by atoms with E-state index in [0.717, 1.165) is 0 Å². The second kappa shape index (κ2) is 10.7. The van der Waals surface area contributed by atoms with Crippen molar-refractivity contribution in [2.75, 3.05) is 33.3 Å². The maximum atomic E-state index is 13.4. The van der Waals surface area contributed by atoms with Gasteiger partial charge in [0.25, 0.3) is 5.91 Å². The Morgan fingerprint density at radius 1 is 1.03 bits per heavy atom. The normalized spacial score (nSPS) is 27.6. The summed E-state index contributed by atoms with van der Waals surface area (Å²) in [4.78, 5) is 54.9. The van der Waals surface area contributed by atoms with E-state index in [1.165, 1.54) is 4.90 Å². The molecule has 3 rings (SSSR count). The molecule has 10 nitrogen and oxygen atoms in total. The van der Waals surface area contributed by atoms with Crippen LogP contribution in [0.3, 0.4) is 0 Å². The fourth-order valence-corrected chi connectivity index (χ4v) is 4.08. The third kappa shape index (κ3) is 6.22. The van der Waals surface area contributed by atoms with Crippen LogP contribution >= 0.6 is 0 Å². The Hall–Kier alpha value is -3.14. The summed E-state index contributed by atoms with van der Waals surface area (Å²) in [7, 11) is 1.62. The SMILES string of the molecule is C[C@@H]1CN(C(=O)[C@@H]2CC(=O)N[C@@H](C)C(=O)N(C)CCOc3ccccc3C(=O)N2)C[C@H](C)O1. The average molecular weight is 461 g/mol. The van der Waals surface area contributed by atoms with Gasteiger partial charge in [-0.3, -0.25) is 19.2 Å². The molecular weight excluding hydrogens is 428 g/mol. The maximum Gasteiger partial charge on any atom is 0.255 e. The van der Waals surface area contributed by atoms with Crippen LogP contribution in [0.25, 0.3) is 0 Å². The summed E-state index contributed by atoms with van der Waals surface area (Å²) in [5.41, 5.74) is 0.249. The number of morpholine rings is 1. The molecular formula is C23H32N4O6. The zero-order valence-corrected chi connectivity index (χ0v) is 19.5. The van der Waals surface area contributed by atoms with Crippen molar-refractivity contribution in [1.82, 2.24) is 20.4 Å². The Morgan fingerprint density at radius 3 is 2.39 bits per heavy atom. The molecule has 0 radical (unpaired) electrons. The molecule has 0 unspecified atom stereocenters. The van der Waals surface area contributed by atoms with E-state index in [2.05, 4.69) is 10.6 Å². The number of benzene rings is 1. The van der Waals surface area contributed by atoms with Crippen LogP contribution in [0.2, 0.25) is 0 Å². The minimum Gasteiger partial charge on any atom is -0.491 e. The lowest BCUT2D eigenvalue weighted by atomic mass is 10.1. The Kier molecular flexibility index (Phi) is 7.91. The van der Waals surface area contributed by atoms with Crippen molar-refractivity contribution in [2.24, 2.45) is 0 Å². The molecule has 2 N–H and O–H groups in total. The molecule has 180 valence electrons. The number of rotatable bonds is 1. The van der Waals surface area contributed by atoms with Crippen molar-refractivity contribution in [2.45, 2.75) is 51.5 Å². The van der Waals surface area contributed by atoms with E-state index in [9.17, 15) is 19.2 Å². The zero-order chi connectivity index (χ0) is 24.1. The van der Waals surface area contributed by atoms with Crippen LogP contribution in [-0.4, -0.2) is 91.0 Å². The van der Waals surface area contributed by atoms with Gasteiger partial charge in [-0.1, -0.05) is 12.1 Å². The van der Waals surface area contributed by atoms with Gasteiger partial charge in [0, 0.05) is 20.1 Å². The quantitative estimate of drug-likeness (QED) is 0.617. The molecule has 1 fully saturated rings. The summed E-state index contributed by atoms with van der Waals surface area (Å²) in [5, 5.41) is 5.35. The highest BCUT2D eigenvalue weighted by Crippen LogP contribution is 2.19. The van der Waals surface area contributed by atoms with Crippen LogP contribution < -0.4 is 15.4 Å². The number of fused-ring (bicyclic) bond motifs is 1. The standard InChI is InChI=1S/C23H32N4O6/c1-14-12-27(13-15(2)33-14)23(31)18-11-20(28)24-16(3)22(30)26(4)9-10-32-19-8-6-5-7-17(19)21(29)25-18/h5-8,14-16,18H,9-13H2,1-4H3,(H,24,28)(H,25,29)/t14-,15+,16-,18-/m0/s1. The first-order chi connectivity index (χ1) is 15.7. The second-order valence-electron chi connectivity index (χ2n) is 8.62. The molecule has 0 bridgehead atoms. The summed E-state index contributed by atoms with van der Waals surface area (Å²) in [6.07, 6.45) is -0.624. The van der Waals surface area contributed by atoms with Gasteiger partial charge in [-0.2, -0.15) is 0 Å². The third-order valence-corrected chi connectivity index (χ3v) is 5.66. The maximum absolute atomic E-state index is 13.4. The molecule has 0 spiro atoms. The van der Waals surface area contributed by atoms with Crippen LogP contribution in [0.1, 0.15) is 37.6 Å². The highest BCUT2D eigenvalue weighted by molar-refractivity contribution is 6.01. The molecule has 1 aromatic carbocycles. The molecule has 0 aliphatic carbocycles. The first-order valence-electron chi connectivity index (χ1n) is 11.2. The number of nitrogens with zero attached hydrogens (tertiary/aromatic N) is 2. The van der Waals surface area contributed by atoms with Gasteiger partial charge in [0.05, 0.1) is 30.7 Å². The molecule has 1 saturated heterocycles. The van der Waals surface area contributed by atoms with Crippen LogP contribution in [0.4, 0.5) is 0 Å². The van der Waals surface area contributed by atoms with Crippen LogP contribution in [0.5, 0.6) is 5.75 Å². The summed E-state index contributed by atoms with van der Waals surface area (Å²) >= 11 is 0. The van der Waals surface area contributed by atoms with E-state index < -0.39 is 23.9 Å². The Labute approximate surface area is 193 Å². The van der Waals surface area contributed by atoms with Gasteiger partial charge >= 0.3 is 0 Å². The smallest absolute Gasteiger partial charge is 0.255 e. The van der Waals surface area contributed by atoms with E-state index in [-0.39, 0.29) is 49.2 Å². The summed E-state index contributed by atoms with van der Waals surface area (Å²) in [5.74, 6) is -1.33. The van der Waals surface area contributed by atoms with Gasteiger partial charge in [0.1, 0.15) is 24.4 Å². The number of carbonyl (C=O) groups is 4. The lowest BCUT2D eigenvalue weighted by molar-refractivity contribution is -0.146. The van der Waals surface area contributed by atoms with E-state index in [4.69, 9.17) is 9.47 Å². The fourth-order valence-electron chi connectivity index (χ4n) is 4.08. The van der Waals surface area contributed by atoms with E-state index in [1.807, 2.05) is 13.8 Å². The van der Waals surface area contributed by atoms with Gasteiger partial charge in [-0.25, -0.2) is 0 Å². The Bertz CT molecular complexity index is 897. The number of carbonyl (C=O) groups excluding carboxylic acids is 4. The molecule has 4 atom stereocenters. The molecule has 1 aromatic rings. The number of para-hydroxylation sites is 1. The molecule has 2 heterocycles. The predicted octanol–water partition coefficient (Wildman–Crippen LogP) is 0.166. The van der Waals surface area contributed by atoms with Gasteiger partial charge in [0.15, 0.2) is 0 Å². The van der Waals surface area contributed by atoms with Crippen LogP contribution in [-0.2, 0) is 19.1 Å². The molecule has 2 aliphatic rings. The first kappa shape index (κ1) is 24.5. The van der Waals surface area contributed by atoms with E-state index >= 15 is 0 Å². The molecule has 0 aromatic heterocycles. The largest absolute Gasteiger partial charge is 0.491 e. The third-order valence-electron chi connectivity index (χ3n) is 5.66. The van der Waals surface area contributed by atoms with Crippen molar-refractivity contribution in [3.05, 3.63) is 29.8 Å². The summed E-state index contributed by atoms with van der Waals surface area (Å²) in [6.45, 7) is 6.48. The molecule has 4 amide bonds. The molecule has 10 heteroatoms.